The van der Waals surface area contributed by atoms with Gasteiger partial charge < -0.3 is 10.6 Å². The molecule has 1 fully saturated rings. The minimum atomic E-state index is 0.0693. The number of hydrogen-bond acceptors (Lipinski definition) is 2. The summed E-state index contributed by atoms with van der Waals surface area (Å²) in [5, 5.41) is 0.789. The summed E-state index contributed by atoms with van der Waals surface area (Å²) in [6.07, 6.45) is 0.945. The lowest BCUT2D eigenvalue weighted by atomic mass is 9.86. The second-order valence-corrected chi connectivity index (χ2v) is 7.91. The highest BCUT2D eigenvalue weighted by Gasteiger charge is 2.20. The van der Waals surface area contributed by atoms with E-state index >= 15 is 0 Å². The van der Waals surface area contributed by atoms with Crippen LogP contribution in [0.1, 0.15) is 19.4 Å². The summed E-state index contributed by atoms with van der Waals surface area (Å²) in [4.78, 5) is 6.80. The first kappa shape index (κ1) is 16.5. The van der Waals surface area contributed by atoms with Crippen LogP contribution >= 0.6 is 23.4 Å². The summed E-state index contributed by atoms with van der Waals surface area (Å²) in [5.74, 6) is 2.97. The van der Waals surface area contributed by atoms with Crippen LogP contribution in [0.25, 0.3) is 0 Å². The molecule has 0 atom stereocenters. The highest BCUT2D eigenvalue weighted by atomic mass is 35.5. The Hall–Kier alpha value is -0.870. The molecule has 3 nitrogen and oxygen atoms in total. The van der Waals surface area contributed by atoms with Crippen molar-refractivity contribution in [2.45, 2.75) is 20.3 Å². The molecule has 1 aromatic rings. The molecule has 1 saturated heterocycles. The number of aliphatic imine (C=N–C) groups is 1. The van der Waals surface area contributed by atoms with Crippen LogP contribution in [0.4, 0.5) is 0 Å². The molecule has 1 aliphatic rings. The lowest BCUT2D eigenvalue weighted by molar-refractivity contribution is 0.372. The van der Waals surface area contributed by atoms with E-state index in [1.165, 1.54) is 5.56 Å². The molecule has 1 aromatic carbocycles. The van der Waals surface area contributed by atoms with E-state index in [-0.39, 0.29) is 5.41 Å². The van der Waals surface area contributed by atoms with Crippen molar-refractivity contribution in [1.29, 1.82) is 0 Å². The number of hydrogen-bond donors (Lipinski definition) is 1. The molecule has 0 unspecified atom stereocenters. The Labute approximate surface area is 136 Å². The van der Waals surface area contributed by atoms with E-state index < -0.39 is 0 Å². The van der Waals surface area contributed by atoms with Crippen molar-refractivity contribution in [2.75, 3.05) is 31.1 Å². The largest absolute Gasteiger partial charge is 0.370 e. The monoisotopic (exact) mass is 325 g/mol. The minimum absolute atomic E-state index is 0.0693. The maximum atomic E-state index is 6.12. The molecule has 2 rings (SSSR count). The van der Waals surface area contributed by atoms with Crippen molar-refractivity contribution in [3.8, 4) is 0 Å². The Morgan fingerprint density at radius 2 is 2.10 bits per heavy atom. The van der Waals surface area contributed by atoms with E-state index in [0.717, 1.165) is 42.6 Å². The molecule has 0 saturated carbocycles. The number of nitrogens with two attached hydrogens (primary N) is 1. The summed E-state index contributed by atoms with van der Waals surface area (Å²) in [6.45, 7) is 7.19. The molecule has 0 radical (unpaired) electrons. The zero-order valence-electron chi connectivity index (χ0n) is 12.8. The van der Waals surface area contributed by atoms with Crippen LogP contribution in [-0.2, 0) is 6.42 Å². The van der Waals surface area contributed by atoms with Crippen LogP contribution in [0.2, 0.25) is 5.02 Å². The smallest absolute Gasteiger partial charge is 0.191 e. The van der Waals surface area contributed by atoms with Gasteiger partial charge in [0.05, 0.1) is 0 Å². The number of halogens is 1. The van der Waals surface area contributed by atoms with Gasteiger partial charge in [0.1, 0.15) is 0 Å². The van der Waals surface area contributed by atoms with Crippen LogP contribution in [0.15, 0.2) is 29.3 Å². The zero-order chi connectivity index (χ0) is 15.3. The second kappa shape index (κ2) is 7.41. The van der Waals surface area contributed by atoms with Crippen LogP contribution < -0.4 is 5.73 Å². The fraction of sp³-hybridized carbons (Fsp3) is 0.562. The molecule has 0 spiro atoms. The number of rotatable bonds is 4. The fourth-order valence-corrected chi connectivity index (χ4v) is 3.56. The third kappa shape index (κ3) is 5.44. The molecule has 5 heteroatoms. The Morgan fingerprint density at radius 1 is 1.38 bits per heavy atom. The van der Waals surface area contributed by atoms with Gasteiger partial charge in [0, 0.05) is 36.2 Å². The van der Waals surface area contributed by atoms with E-state index in [9.17, 15) is 0 Å². The van der Waals surface area contributed by atoms with Gasteiger partial charge in [-0.25, -0.2) is 0 Å². The first-order chi connectivity index (χ1) is 9.96. The molecule has 116 valence electrons. The van der Waals surface area contributed by atoms with Crippen molar-refractivity contribution >= 4 is 29.3 Å². The van der Waals surface area contributed by atoms with Gasteiger partial charge in [-0.2, -0.15) is 11.8 Å². The SMILES string of the molecule is CC(C)(CN=C(N)N1CCSCC1)Cc1cccc(Cl)c1. The standard InChI is InChI=1S/C16H24ClN3S/c1-16(2,11-13-4-3-5-14(17)10-13)12-19-15(18)20-6-8-21-9-7-20/h3-5,10H,6-9,11-12H2,1-2H3,(H2,18,19). The van der Waals surface area contributed by atoms with Crippen molar-refractivity contribution < 1.29 is 0 Å². The molecule has 2 N–H and O–H groups in total. The van der Waals surface area contributed by atoms with Gasteiger partial charge in [0.2, 0.25) is 0 Å². The van der Waals surface area contributed by atoms with E-state index in [1.807, 2.05) is 30.0 Å². The summed E-state index contributed by atoms with van der Waals surface area (Å²) < 4.78 is 0. The van der Waals surface area contributed by atoms with Crippen LogP contribution in [0.5, 0.6) is 0 Å². The summed E-state index contributed by atoms with van der Waals surface area (Å²) in [7, 11) is 0. The highest BCUT2D eigenvalue weighted by Crippen LogP contribution is 2.24. The highest BCUT2D eigenvalue weighted by molar-refractivity contribution is 7.99. The van der Waals surface area contributed by atoms with Crippen molar-refractivity contribution in [2.24, 2.45) is 16.1 Å². The molecule has 1 heterocycles. The normalized spacial score (nSPS) is 17.1. The van der Waals surface area contributed by atoms with E-state index in [4.69, 9.17) is 17.3 Å². The first-order valence-corrected chi connectivity index (χ1v) is 8.87. The lowest BCUT2D eigenvalue weighted by Gasteiger charge is -2.29. The Bertz CT molecular complexity index is 496. The molecule has 0 aromatic heterocycles. The van der Waals surface area contributed by atoms with Gasteiger partial charge in [-0.1, -0.05) is 37.6 Å². The maximum absolute atomic E-state index is 6.12. The van der Waals surface area contributed by atoms with Gasteiger partial charge in [0.25, 0.3) is 0 Å². The predicted octanol–water partition coefficient (Wildman–Crippen LogP) is 3.27. The van der Waals surface area contributed by atoms with Crippen LogP contribution in [0, 0.1) is 5.41 Å². The fourth-order valence-electron chi connectivity index (χ4n) is 2.44. The van der Waals surface area contributed by atoms with Crippen LogP contribution in [-0.4, -0.2) is 42.0 Å². The van der Waals surface area contributed by atoms with E-state index in [1.54, 1.807) is 0 Å². The number of guanidine groups is 1. The number of nitrogens with zero attached hydrogens (tertiary/aromatic N) is 2. The van der Waals surface area contributed by atoms with Gasteiger partial charge in [0.15, 0.2) is 5.96 Å². The van der Waals surface area contributed by atoms with E-state index in [0.29, 0.717) is 5.96 Å². The average molecular weight is 326 g/mol. The summed E-state index contributed by atoms with van der Waals surface area (Å²) in [6, 6.07) is 8.04. The minimum Gasteiger partial charge on any atom is -0.370 e. The molecular formula is C16H24ClN3S. The van der Waals surface area contributed by atoms with Gasteiger partial charge in [-0.3, -0.25) is 4.99 Å². The zero-order valence-corrected chi connectivity index (χ0v) is 14.4. The number of thioether (sulfide) groups is 1. The van der Waals surface area contributed by atoms with E-state index in [2.05, 4.69) is 29.8 Å². The Kier molecular flexibility index (Phi) is 5.82. The molecule has 0 aliphatic carbocycles. The molecule has 1 aliphatic heterocycles. The Morgan fingerprint density at radius 3 is 2.76 bits per heavy atom. The predicted molar refractivity (Wildman–Crippen MR) is 94.3 cm³/mol. The van der Waals surface area contributed by atoms with Gasteiger partial charge >= 0.3 is 0 Å². The van der Waals surface area contributed by atoms with Crippen LogP contribution in [0.3, 0.4) is 0 Å². The topological polar surface area (TPSA) is 41.6 Å². The molecule has 21 heavy (non-hydrogen) atoms. The molecular weight excluding hydrogens is 302 g/mol. The maximum Gasteiger partial charge on any atom is 0.191 e. The third-order valence-corrected chi connectivity index (χ3v) is 4.75. The average Bonchev–Trinajstić information content (AvgIpc) is 2.45. The van der Waals surface area contributed by atoms with Gasteiger partial charge in [-0.15, -0.1) is 0 Å². The third-order valence-electron chi connectivity index (χ3n) is 3.58. The quantitative estimate of drug-likeness (QED) is 0.682. The summed E-state index contributed by atoms with van der Waals surface area (Å²) in [5.41, 5.74) is 7.43. The Balaban J connectivity index is 1.93. The lowest BCUT2D eigenvalue weighted by Crippen LogP contribution is -2.43. The van der Waals surface area contributed by atoms with Crippen molar-refractivity contribution in [3.63, 3.8) is 0 Å². The second-order valence-electron chi connectivity index (χ2n) is 6.24. The van der Waals surface area contributed by atoms with Gasteiger partial charge in [-0.05, 0) is 29.5 Å². The summed E-state index contributed by atoms with van der Waals surface area (Å²) >= 11 is 8.02. The number of benzene rings is 1. The van der Waals surface area contributed by atoms with Crippen molar-refractivity contribution in [3.05, 3.63) is 34.9 Å². The van der Waals surface area contributed by atoms with Crippen molar-refractivity contribution in [1.82, 2.24) is 4.90 Å². The molecule has 0 bridgehead atoms. The first-order valence-electron chi connectivity index (χ1n) is 7.33. The molecule has 0 amide bonds.